The highest BCUT2D eigenvalue weighted by atomic mass is 32.1. The van der Waals surface area contributed by atoms with Gasteiger partial charge in [0.25, 0.3) is 10.7 Å². The van der Waals surface area contributed by atoms with Gasteiger partial charge >= 0.3 is 0 Å². The number of aryl methyl sites for hydroxylation is 1. The number of hydrogen-bond acceptors (Lipinski definition) is 4. The molecule has 1 aromatic carbocycles. The Balaban J connectivity index is 1.99. The van der Waals surface area contributed by atoms with Crippen LogP contribution in [0.2, 0.25) is 0 Å². The van der Waals surface area contributed by atoms with Gasteiger partial charge in [-0.05, 0) is 31.3 Å². The third kappa shape index (κ3) is 2.66. The van der Waals surface area contributed by atoms with Gasteiger partial charge < -0.3 is 9.15 Å². The molecule has 0 fully saturated rings. The zero-order chi connectivity index (χ0) is 10.7. The summed E-state index contributed by atoms with van der Waals surface area (Å²) >= 11 is 4.74. The van der Waals surface area contributed by atoms with Crippen molar-refractivity contribution in [1.29, 1.82) is 0 Å². The molecule has 2 rings (SSSR count). The molecule has 0 aliphatic carbocycles. The third-order valence-corrected chi connectivity index (χ3v) is 2.04. The lowest BCUT2D eigenvalue weighted by Gasteiger charge is -2.02. The fourth-order valence-corrected chi connectivity index (χ4v) is 1.24. The number of H-pyrrole nitrogens is 1. The second-order valence-electron chi connectivity index (χ2n) is 3.11. The first-order chi connectivity index (χ1) is 7.24. The molecule has 0 aliphatic heterocycles. The van der Waals surface area contributed by atoms with Crippen LogP contribution in [0.15, 0.2) is 28.7 Å². The van der Waals surface area contributed by atoms with Crippen LogP contribution in [-0.4, -0.2) is 10.2 Å². The quantitative estimate of drug-likeness (QED) is 0.811. The maximum atomic E-state index is 5.44. The van der Waals surface area contributed by atoms with Gasteiger partial charge in [0.05, 0.1) is 0 Å². The van der Waals surface area contributed by atoms with Crippen LogP contribution in [0.1, 0.15) is 11.5 Å². The van der Waals surface area contributed by atoms with E-state index in [2.05, 4.69) is 10.2 Å². The Hall–Kier alpha value is -1.62. The first kappa shape index (κ1) is 9.92. The molecule has 1 heterocycles. The number of benzene rings is 1. The maximum absolute atomic E-state index is 5.44. The van der Waals surface area contributed by atoms with Gasteiger partial charge in [-0.3, -0.25) is 0 Å². The van der Waals surface area contributed by atoms with Gasteiger partial charge in [0.2, 0.25) is 0 Å². The van der Waals surface area contributed by atoms with Crippen molar-refractivity contribution in [3.05, 3.63) is 40.6 Å². The molecule has 2 aromatic rings. The Morgan fingerprint density at radius 1 is 1.40 bits per heavy atom. The van der Waals surface area contributed by atoms with Gasteiger partial charge in [-0.25, -0.2) is 5.10 Å². The predicted molar refractivity (Wildman–Crippen MR) is 57.2 cm³/mol. The Kier molecular flexibility index (Phi) is 2.82. The molecule has 15 heavy (non-hydrogen) atoms. The Labute approximate surface area is 91.9 Å². The van der Waals surface area contributed by atoms with E-state index in [1.165, 1.54) is 5.56 Å². The van der Waals surface area contributed by atoms with Crippen molar-refractivity contribution >= 4 is 12.2 Å². The van der Waals surface area contributed by atoms with E-state index in [9.17, 15) is 0 Å². The highest BCUT2D eigenvalue weighted by molar-refractivity contribution is 7.71. The standard InChI is InChI=1S/C10H10N2O2S/c1-7-2-4-8(5-3-7)13-6-9-11-12-10(15)14-9/h2-5H,6H2,1H3,(H,12,15). The zero-order valence-electron chi connectivity index (χ0n) is 8.19. The molecule has 0 saturated carbocycles. The smallest absolute Gasteiger partial charge is 0.284 e. The highest BCUT2D eigenvalue weighted by Gasteiger charge is 2.00. The van der Waals surface area contributed by atoms with E-state index in [1.54, 1.807) is 0 Å². The van der Waals surface area contributed by atoms with Crippen LogP contribution in [0.5, 0.6) is 5.75 Å². The normalized spacial score (nSPS) is 10.2. The summed E-state index contributed by atoms with van der Waals surface area (Å²) in [7, 11) is 0. The van der Waals surface area contributed by atoms with Crippen molar-refractivity contribution in [2.24, 2.45) is 0 Å². The van der Waals surface area contributed by atoms with Crippen molar-refractivity contribution in [3.8, 4) is 5.75 Å². The molecular formula is C10H10N2O2S. The topological polar surface area (TPSA) is 51.0 Å². The highest BCUT2D eigenvalue weighted by Crippen LogP contribution is 2.12. The number of hydrogen-bond donors (Lipinski definition) is 1. The van der Waals surface area contributed by atoms with E-state index in [0.717, 1.165) is 5.75 Å². The maximum Gasteiger partial charge on any atom is 0.284 e. The monoisotopic (exact) mass is 222 g/mol. The van der Waals surface area contributed by atoms with Crippen LogP contribution >= 0.6 is 12.2 Å². The lowest BCUT2D eigenvalue weighted by Crippen LogP contribution is -1.95. The molecular weight excluding hydrogens is 212 g/mol. The number of aromatic nitrogens is 2. The van der Waals surface area contributed by atoms with Crippen molar-refractivity contribution in [2.45, 2.75) is 13.5 Å². The summed E-state index contributed by atoms with van der Waals surface area (Å²) < 4.78 is 10.5. The van der Waals surface area contributed by atoms with Gasteiger partial charge in [-0.1, -0.05) is 17.7 Å². The summed E-state index contributed by atoms with van der Waals surface area (Å²) in [6, 6.07) is 7.76. The van der Waals surface area contributed by atoms with Crippen LogP contribution in [-0.2, 0) is 6.61 Å². The number of ether oxygens (including phenoxy) is 1. The van der Waals surface area contributed by atoms with E-state index in [-0.39, 0.29) is 11.4 Å². The summed E-state index contributed by atoms with van der Waals surface area (Å²) in [6.07, 6.45) is 0. The Bertz CT molecular complexity index is 487. The van der Waals surface area contributed by atoms with E-state index < -0.39 is 0 Å². The molecule has 0 amide bonds. The number of aromatic amines is 1. The SMILES string of the molecule is Cc1ccc(OCc2n[nH]c(=S)o2)cc1. The molecule has 0 saturated heterocycles. The Morgan fingerprint density at radius 2 is 2.13 bits per heavy atom. The van der Waals surface area contributed by atoms with Gasteiger partial charge in [-0.15, -0.1) is 5.10 Å². The molecule has 5 heteroatoms. The minimum Gasteiger partial charge on any atom is -0.484 e. The lowest BCUT2D eigenvalue weighted by molar-refractivity contribution is 0.261. The molecule has 1 N–H and O–H groups in total. The largest absolute Gasteiger partial charge is 0.484 e. The average Bonchev–Trinajstić information content (AvgIpc) is 2.64. The summed E-state index contributed by atoms with van der Waals surface area (Å²) in [4.78, 5) is 0.262. The van der Waals surface area contributed by atoms with Crippen molar-refractivity contribution in [1.82, 2.24) is 10.2 Å². The molecule has 0 radical (unpaired) electrons. The first-order valence-corrected chi connectivity index (χ1v) is 4.89. The van der Waals surface area contributed by atoms with Crippen LogP contribution in [0.25, 0.3) is 0 Å². The van der Waals surface area contributed by atoms with E-state index in [4.69, 9.17) is 21.4 Å². The van der Waals surface area contributed by atoms with Crippen LogP contribution in [0, 0.1) is 11.8 Å². The molecule has 1 aromatic heterocycles. The number of rotatable bonds is 3. The molecule has 0 atom stereocenters. The second kappa shape index (κ2) is 4.27. The van der Waals surface area contributed by atoms with E-state index >= 15 is 0 Å². The van der Waals surface area contributed by atoms with Crippen molar-refractivity contribution in [2.75, 3.05) is 0 Å². The third-order valence-electron chi connectivity index (χ3n) is 1.87. The molecule has 0 bridgehead atoms. The van der Waals surface area contributed by atoms with Gasteiger partial charge in [0.15, 0.2) is 6.61 Å². The summed E-state index contributed by atoms with van der Waals surface area (Å²) in [5.74, 6) is 1.23. The van der Waals surface area contributed by atoms with Crippen LogP contribution in [0.4, 0.5) is 0 Å². The summed E-state index contributed by atoms with van der Waals surface area (Å²) in [5, 5.41) is 6.36. The fourth-order valence-electron chi connectivity index (χ4n) is 1.10. The number of nitrogens with zero attached hydrogens (tertiary/aromatic N) is 1. The molecule has 0 unspecified atom stereocenters. The first-order valence-electron chi connectivity index (χ1n) is 4.48. The number of nitrogens with one attached hydrogen (secondary N) is 1. The molecule has 78 valence electrons. The van der Waals surface area contributed by atoms with E-state index in [1.807, 2.05) is 31.2 Å². The zero-order valence-corrected chi connectivity index (χ0v) is 9.00. The lowest BCUT2D eigenvalue weighted by atomic mass is 10.2. The van der Waals surface area contributed by atoms with Gasteiger partial charge in [0, 0.05) is 0 Å². The van der Waals surface area contributed by atoms with Crippen molar-refractivity contribution < 1.29 is 9.15 Å². The second-order valence-corrected chi connectivity index (χ2v) is 3.48. The van der Waals surface area contributed by atoms with Crippen LogP contribution in [0.3, 0.4) is 0 Å². The average molecular weight is 222 g/mol. The predicted octanol–water partition coefficient (Wildman–Crippen LogP) is 2.62. The minimum atomic E-state index is 0.262. The van der Waals surface area contributed by atoms with Gasteiger partial charge in [-0.2, -0.15) is 0 Å². The van der Waals surface area contributed by atoms with Gasteiger partial charge in [0.1, 0.15) is 5.75 Å². The molecule has 0 aliphatic rings. The van der Waals surface area contributed by atoms with Crippen molar-refractivity contribution in [3.63, 3.8) is 0 Å². The molecule has 4 nitrogen and oxygen atoms in total. The molecule has 0 spiro atoms. The minimum absolute atomic E-state index is 0.262. The fraction of sp³-hybridized carbons (Fsp3) is 0.200. The Morgan fingerprint density at radius 3 is 2.73 bits per heavy atom. The van der Waals surface area contributed by atoms with Crippen LogP contribution < -0.4 is 4.74 Å². The van der Waals surface area contributed by atoms with E-state index in [0.29, 0.717) is 5.89 Å². The summed E-state index contributed by atoms with van der Waals surface area (Å²) in [6.45, 7) is 2.30. The summed E-state index contributed by atoms with van der Waals surface area (Å²) in [5.41, 5.74) is 1.19.